The van der Waals surface area contributed by atoms with E-state index in [0.29, 0.717) is 0 Å². The van der Waals surface area contributed by atoms with Crippen LogP contribution in [-0.4, -0.2) is 30.3 Å². The summed E-state index contributed by atoms with van der Waals surface area (Å²) in [7, 11) is -6.14. The van der Waals surface area contributed by atoms with Gasteiger partial charge < -0.3 is 18.6 Å². The molecule has 0 bridgehead atoms. The van der Waals surface area contributed by atoms with E-state index in [9.17, 15) is 9.13 Å². The molecule has 2 atom stereocenters. The van der Waals surface area contributed by atoms with Gasteiger partial charge in [-0.25, -0.2) is 0 Å². The van der Waals surface area contributed by atoms with Gasteiger partial charge in [0.05, 0.1) is 12.2 Å². The molecule has 0 saturated carbocycles. The molecule has 190 valence electrons. The monoisotopic (exact) mass is 530 g/mol. The van der Waals surface area contributed by atoms with Gasteiger partial charge in [-0.3, -0.25) is 0 Å². The van der Waals surface area contributed by atoms with Crippen LogP contribution in [0.2, 0.25) is 0 Å². The third-order valence-electron chi connectivity index (χ3n) is 6.85. The standard InChI is InChI=1S/C31H32O4P2/c1-31(2)34-29(23-36(32,25-15-7-3-8-16-25)26-17-9-4-10-18-26)30(35-31)24-37(33,27-19-11-5-12-20-27)28-21-13-6-14-22-28/h3-22,29-30H,23-24H2,1-2H3/t29-,30-/m1/s1. The molecule has 0 unspecified atom stereocenters. The smallest absolute Gasteiger partial charge is 0.163 e. The van der Waals surface area contributed by atoms with Crippen molar-refractivity contribution in [2.45, 2.75) is 31.8 Å². The lowest BCUT2D eigenvalue weighted by atomic mass is 10.3. The van der Waals surface area contributed by atoms with Crippen molar-refractivity contribution in [1.29, 1.82) is 0 Å². The second-order valence-electron chi connectivity index (χ2n) is 9.90. The van der Waals surface area contributed by atoms with Crippen LogP contribution in [0.25, 0.3) is 0 Å². The van der Waals surface area contributed by atoms with Crippen LogP contribution in [0.1, 0.15) is 13.8 Å². The average Bonchev–Trinajstić information content (AvgIpc) is 3.22. The van der Waals surface area contributed by atoms with Crippen LogP contribution in [0.15, 0.2) is 121 Å². The van der Waals surface area contributed by atoms with Crippen molar-refractivity contribution in [1.82, 2.24) is 0 Å². The highest BCUT2D eigenvalue weighted by Crippen LogP contribution is 2.51. The second kappa shape index (κ2) is 10.6. The van der Waals surface area contributed by atoms with Crippen molar-refractivity contribution < 1.29 is 18.6 Å². The quantitative estimate of drug-likeness (QED) is 0.281. The highest BCUT2D eigenvalue weighted by Gasteiger charge is 2.48. The molecule has 4 aromatic carbocycles. The number of ether oxygens (including phenoxy) is 2. The van der Waals surface area contributed by atoms with E-state index >= 15 is 0 Å². The average molecular weight is 531 g/mol. The van der Waals surface area contributed by atoms with Gasteiger partial charge in [0.1, 0.15) is 14.3 Å². The Morgan fingerprint density at radius 1 is 0.514 bits per heavy atom. The number of hydrogen-bond acceptors (Lipinski definition) is 4. The molecule has 0 amide bonds. The highest BCUT2D eigenvalue weighted by atomic mass is 31.2. The first kappa shape index (κ1) is 25.9. The van der Waals surface area contributed by atoms with Gasteiger partial charge >= 0.3 is 0 Å². The molecule has 0 radical (unpaired) electrons. The fraction of sp³-hybridized carbons (Fsp3) is 0.226. The Morgan fingerprint density at radius 2 is 0.757 bits per heavy atom. The number of rotatable bonds is 8. The molecule has 4 aromatic rings. The lowest BCUT2D eigenvalue weighted by Crippen LogP contribution is -2.36. The van der Waals surface area contributed by atoms with Crippen LogP contribution < -0.4 is 21.2 Å². The SMILES string of the molecule is CC1(C)O[C@H](CP(=O)(c2ccccc2)c2ccccc2)[C@@H](CP(=O)(c2ccccc2)c2ccccc2)O1. The first-order valence-electron chi connectivity index (χ1n) is 12.6. The molecular formula is C31H32O4P2. The topological polar surface area (TPSA) is 52.6 Å². The first-order valence-corrected chi connectivity index (χ1v) is 16.3. The molecule has 0 N–H and O–H groups in total. The number of hydrogen-bond donors (Lipinski definition) is 0. The Balaban J connectivity index is 1.55. The molecular weight excluding hydrogens is 498 g/mol. The van der Waals surface area contributed by atoms with E-state index in [1.54, 1.807) is 0 Å². The van der Waals surface area contributed by atoms with E-state index < -0.39 is 32.3 Å². The van der Waals surface area contributed by atoms with Gasteiger partial charge in [0.15, 0.2) is 5.79 Å². The Kier molecular flexibility index (Phi) is 7.39. The Morgan fingerprint density at radius 3 is 1.00 bits per heavy atom. The summed E-state index contributed by atoms with van der Waals surface area (Å²) >= 11 is 0. The summed E-state index contributed by atoms with van der Waals surface area (Å²) in [6.07, 6.45) is -0.471. The number of benzene rings is 4. The predicted molar refractivity (Wildman–Crippen MR) is 153 cm³/mol. The van der Waals surface area contributed by atoms with Crippen molar-refractivity contribution in [3.63, 3.8) is 0 Å². The van der Waals surface area contributed by atoms with E-state index in [0.717, 1.165) is 21.2 Å². The summed E-state index contributed by atoms with van der Waals surface area (Å²) in [6.45, 7) is 3.73. The Bertz CT molecular complexity index is 1210. The third kappa shape index (κ3) is 5.44. The van der Waals surface area contributed by atoms with E-state index in [1.165, 1.54) is 0 Å². The van der Waals surface area contributed by atoms with Crippen molar-refractivity contribution >= 4 is 35.5 Å². The fourth-order valence-electron chi connectivity index (χ4n) is 5.12. The minimum Gasteiger partial charge on any atom is -0.344 e. The van der Waals surface area contributed by atoms with Crippen LogP contribution in [-0.2, 0) is 18.6 Å². The molecule has 4 nitrogen and oxygen atoms in total. The first-order chi connectivity index (χ1) is 17.8. The molecule has 6 heteroatoms. The Hall–Kier alpha value is -2.74. The largest absolute Gasteiger partial charge is 0.344 e. The van der Waals surface area contributed by atoms with Gasteiger partial charge in [0.2, 0.25) is 0 Å². The van der Waals surface area contributed by atoms with Crippen LogP contribution in [0.5, 0.6) is 0 Å². The summed E-state index contributed by atoms with van der Waals surface area (Å²) in [5, 5.41) is 3.12. The van der Waals surface area contributed by atoms with Crippen molar-refractivity contribution in [2.75, 3.05) is 12.3 Å². The molecule has 37 heavy (non-hydrogen) atoms. The maximum absolute atomic E-state index is 14.8. The molecule has 1 aliphatic heterocycles. The van der Waals surface area contributed by atoms with Gasteiger partial charge in [-0.15, -0.1) is 0 Å². The summed E-state index contributed by atoms with van der Waals surface area (Å²) < 4.78 is 42.5. The fourth-order valence-corrected chi connectivity index (χ4v) is 10.8. The highest BCUT2D eigenvalue weighted by molar-refractivity contribution is 7.79. The van der Waals surface area contributed by atoms with Crippen molar-refractivity contribution in [3.8, 4) is 0 Å². The van der Waals surface area contributed by atoms with Crippen LogP contribution >= 0.6 is 14.3 Å². The minimum atomic E-state index is -3.07. The zero-order valence-electron chi connectivity index (χ0n) is 21.1. The minimum absolute atomic E-state index is 0.263. The van der Waals surface area contributed by atoms with Crippen molar-refractivity contribution in [2.24, 2.45) is 0 Å². The summed E-state index contributed by atoms with van der Waals surface area (Å²) in [6, 6.07) is 38.4. The molecule has 5 rings (SSSR count). The lowest BCUT2D eigenvalue weighted by Gasteiger charge is -2.27. The van der Waals surface area contributed by atoms with E-state index in [4.69, 9.17) is 9.47 Å². The summed E-state index contributed by atoms with van der Waals surface area (Å²) in [5.41, 5.74) is 0. The lowest BCUT2D eigenvalue weighted by molar-refractivity contribution is -0.142. The normalized spacial score (nSPS) is 19.5. The van der Waals surface area contributed by atoms with E-state index in [-0.39, 0.29) is 12.3 Å². The molecule has 0 aliphatic carbocycles. The van der Waals surface area contributed by atoms with Gasteiger partial charge in [-0.2, -0.15) is 0 Å². The van der Waals surface area contributed by atoms with Gasteiger partial charge in [0.25, 0.3) is 0 Å². The van der Waals surface area contributed by atoms with E-state index in [2.05, 4.69) is 0 Å². The van der Waals surface area contributed by atoms with E-state index in [1.807, 2.05) is 135 Å². The maximum Gasteiger partial charge on any atom is 0.163 e. The summed E-state index contributed by atoms with van der Waals surface area (Å²) in [5.74, 6) is -0.883. The zero-order chi connectivity index (χ0) is 25.9. The molecule has 1 aliphatic rings. The molecule has 1 saturated heterocycles. The maximum atomic E-state index is 14.8. The van der Waals surface area contributed by atoms with Gasteiger partial charge in [-0.1, -0.05) is 121 Å². The van der Waals surface area contributed by atoms with Crippen LogP contribution in [0.4, 0.5) is 0 Å². The molecule has 0 aromatic heterocycles. The second-order valence-corrected chi connectivity index (χ2v) is 15.7. The molecule has 1 fully saturated rings. The third-order valence-corrected chi connectivity index (χ3v) is 13.1. The zero-order valence-corrected chi connectivity index (χ0v) is 22.9. The van der Waals surface area contributed by atoms with Gasteiger partial charge in [0, 0.05) is 33.5 Å². The van der Waals surface area contributed by atoms with Crippen molar-refractivity contribution in [3.05, 3.63) is 121 Å². The van der Waals surface area contributed by atoms with Gasteiger partial charge in [-0.05, 0) is 13.8 Å². The van der Waals surface area contributed by atoms with Crippen LogP contribution in [0, 0.1) is 0 Å². The molecule has 0 spiro atoms. The Labute approximate surface area is 219 Å². The predicted octanol–water partition coefficient (Wildman–Crippen LogP) is 5.53. The van der Waals surface area contributed by atoms with Crippen LogP contribution in [0.3, 0.4) is 0 Å². The summed E-state index contributed by atoms with van der Waals surface area (Å²) in [4.78, 5) is 0. The molecule has 1 heterocycles.